The van der Waals surface area contributed by atoms with E-state index in [0.29, 0.717) is 22.4 Å². The van der Waals surface area contributed by atoms with Crippen molar-refractivity contribution in [3.8, 4) is 5.69 Å². The van der Waals surface area contributed by atoms with Crippen LogP contribution in [0.5, 0.6) is 0 Å². The van der Waals surface area contributed by atoms with E-state index in [2.05, 4.69) is 5.32 Å². The molecule has 38 heavy (non-hydrogen) atoms. The van der Waals surface area contributed by atoms with Gasteiger partial charge >= 0.3 is 0 Å². The van der Waals surface area contributed by atoms with Crippen molar-refractivity contribution in [3.63, 3.8) is 0 Å². The molecule has 4 atom stereocenters. The lowest BCUT2D eigenvalue weighted by molar-refractivity contribution is -0.123. The number of hydrogen-bond acceptors (Lipinski definition) is 5. The van der Waals surface area contributed by atoms with Crippen LogP contribution in [0, 0.1) is 23.6 Å². The van der Waals surface area contributed by atoms with Gasteiger partial charge in [0.2, 0.25) is 11.8 Å². The first-order valence-electron chi connectivity index (χ1n) is 12.5. The van der Waals surface area contributed by atoms with Crippen LogP contribution in [0.4, 0.5) is 10.1 Å². The second kappa shape index (κ2) is 7.82. The second-order valence-corrected chi connectivity index (χ2v) is 10.9. The maximum absolute atomic E-state index is 14.3. The number of anilines is 1. The highest BCUT2D eigenvalue weighted by Crippen LogP contribution is 2.56. The van der Waals surface area contributed by atoms with Crippen molar-refractivity contribution >= 4 is 40.0 Å². The van der Waals surface area contributed by atoms with Crippen molar-refractivity contribution < 1.29 is 14.0 Å². The van der Waals surface area contributed by atoms with E-state index in [-0.39, 0.29) is 34.1 Å². The first kappa shape index (κ1) is 23.3. The van der Waals surface area contributed by atoms with Crippen LogP contribution < -0.4 is 15.8 Å². The molecule has 2 saturated heterocycles. The highest BCUT2D eigenvalue weighted by atomic mass is 35.5. The fourth-order valence-electron chi connectivity index (χ4n) is 6.60. The summed E-state index contributed by atoms with van der Waals surface area (Å²) in [4.78, 5) is 48.2. The summed E-state index contributed by atoms with van der Waals surface area (Å²) < 4.78 is 15.5. The van der Waals surface area contributed by atoms with Gasteiger partial charge in [0.15, 0.2) is 0 Å². The van der Waals surface area contributed by atoms with Crippen LogP contribution in [-0.2, 0) is 15.1 Å². The van der Waals surface area contributed by atoms with Crippen LogP contribution in [0.1, 0.15) is 25.2 Å². The van der Waals surface area contributed by atoms with Crippen LogP contribution in [0.15, 0.2) is 71.5 Å². The number of nitrogens with zero attached hydrogens (tertiary/aromatic N) is 3. The van der Waals surface area contributed by atoms with Crippen LogP contribution >= 0.6 is 11.6 Å². The molecular weight excluding hydrogens is 507 g/mol. The molecule has 4 unspecified atom stereocenters. The molecule has 0 bridgehead atoms. The monoisotopic (exact) mass is 528 g/mol. The number of imide groups is 1. The molecular formula is C29H22ClFN4O3. The number of amides is 2. The van der Waals surface area contributed by atoms with E-state index in [1.807, 2.05) is 44.2 Å². The Labute approximate surface area is 221 Å². The Hall–Kier alpha value is -3.88. The molecule has 2 amide bonds. The minimum atomic E-state index is -1.22. The van der Waals surface area contributed by atoms with Crippen LogP contribution in [0.2, 0.25) is 5.02 Å². The number of fused-ring (bicyclic) bond motifs is 8. The Bertz CT molecular complexity index is 1770. The molecule has 0 aliphatic carbocycles. The Morgan fingerprint density at radius 1 is 1.00 bits per heavy atom. The summed E-state index contributed by atoms with van der Waals surface area (Å²) in [6.07, 6.45) is 0. The van der Waals surface area contributed by atoms with Gasteiger partial charge in [-0.1, -0.05) is 55.8 Å². The predicted octanol–water partition coefficient (Wildman–Crippen LogP) is 4.17. The van der Waals surface area contributed by atoms with Gasteiger partial charge in [-0.05, 0) is 42.3 Å². The zero-order valence-corrected chi connectivity index (χ0v) is 21.2. The summed E-state index contributed by atoms with van der Waals surface area (Å²) in [5, 5.41) is 3.94. The van der Waals surface area contributed by atoms with Crippen molar-refractivity contribution in [2.45, 2.75) is 25.4 Å². The Morgan fingerprint density at radius 3 is 2.50 bits per heavy atom. The molecule has 4 aromatic rings. The number of rotatable bonds is 2. The van der Waals surface area contributed by atoms with Gasteiger partial charge in [-0.15, -0.1) is 0 Å². The Kier molecular flexibility index (Phi) is 4.78. The van der Waals surface area contributed by atoms with E-state index < -0.39 is 29.1 Å². The van der Waals surface area contributed by atoms with Gasteiger partial charge < -0.3 is 0 Å². The minimum absolute atomic E-state index is 0.0243. The topological polar surface area (TPSA) is 84.3 Å². The standard InChI is InChI=1S/C29H22ClFN4O3/c1-14(2)24-22-23(27(38)34(26(22)37)15-11-12-19(31)18(30)13-15)29(33-24)17-8-4-6-10-21(17)35-25(36)16-7-3-5-9-20(16)32-28(29)35/h3-14,22-24,33H,1-2H3. The number of halogens is 2. The summed E-state index contributed by atoms with van der Waals surface area (Å²) >= 11 is 6.03. The van der Waals surface area contributed by atoms with E-state index >= 15 is 0 Å². The summed E-state index contributed by atoms with van der Waals surface area (Å²) in [6.45, 7) is 3.98. The van der Waals surface area contributed by atoms with Gasteiger partial charge in [0.05, 0.1) is 39.1 Å². The molecule has 0 saturated carbocycles. The van der Waals surface area contributed by atoms with Crippen LogP contribution in [0.25, 0.3) is 16.6 Å². The summed E-state index contributed by atoms with van der Waals surface area (Å²) in [6, 6.07) is 18.0. The first-order valence-corrected chi connectivity index (χ1v) is 12.9. The van der Waals surface area contributed by atoms with E-state index in [9.17, 15) is 18.8 Å². The summed E-state index contributed by atoms with van der Waals surface area (Å²) in [7, 11) is 0. The fraction of sp³-hybridized carbons (Fsp3) is 0.241. The molecule has 2 fully saturated rings. The average Bonchev–Trinajstić information content (AvgIpc) is 3.50. The minimum Gasteiger partial charge on any atom is -0.296 e. The van der Waals surface area contributed by atoms with E-state index in [4.69, 9.17) is 16.6 Å². The lowest BCUT2D eigenvalue weighted by atomic mass is 9.75. The van der Waals surface area contributed by atoms with Crippen LogP contribution in [-0.4, -0.2) is 27.4 Å². The smallest absolute Gasteiger partial charge is 0.266 e. The molecule has 7 nitrogen and oxygen atoms in total. The number of hydrogen-bond donors (Lipinski definition) is 1. The average molecular weight is 529 g/mol. The van der Waals surface area contributed by atoms with Crippen molar-refractivity contribution in [3.05, 3.63) is 99.3 Å². The number of carbonyl (C=O) groups is 2. The molecule has 1 aromatic heterocycles. The highest BCUT2D eigenvalue weighted by Gasteiger charge is 2.70. The number of aromatic nitrogens is 2. The quantitative estimate of drug-likeness (QED) is 0.395. The third-order valence-corrected chi connectivity index (χ3v) is 8.47. The van der Waals surface area contributed by atoms with Crippen molar-refractivity contribution in [2.24, 2.45) is 17.8 Å². The second-order valence-electron chi connectivity index (χ2n) is 10.4. The molecule has 3 aliphatic heterocycles. The number of benzene rings is 3. The molecule has 0 radical (unpaired) electrons. The van der Waals surface area contributed by atoms with Gasteiger partial charge in [0.1, 0.15) is 17.2 Å². The van der Waals surface area contributed by atoms with Gasteiger partial charge in [0, 0.05) is 11.6 Å². The lowest BCUT2D eigenvalue weighted by Crippen LogP contribution is -2.51. The fourth-order valence-corrected chi connectivity index (χ4v) is 6.78. The maximum Gasteiger partial charge on any atom is 0.266 e. The predicted molar refractivity (Wildman–Crippen MR) is 141 cm³/mol. The number of carbonyl (C=O) groups excluding carboxylic acids is 2. The first-order chi connectivity index (χ1) is 18.3. The molecule has 1 spiro atoms. The third kappa shape index (κ3) is 2.76. The zero-order chi connectivity index (χ0) is 26.5. The number of nitrogens with one attached hydrogen (secondary N) is 1. The van der Waals surface area contributed by atoms with Crippen molar-refractivity contribution in [2.75, 3.05) is 4.90 Å². The molecule has 3 aliphatic rings. The zero-order valence-electron chi connectivity index (χ0n) is 20.5. The third-order valence-electron chi connectivity index (χ3n) is 8.18. The molecule has 3 aromatic carbocycles. The van der Waals surface area contributed by atoms with Crippen LogP contribution in [0.3, 0.4) is 0 Å². The van der Waals surface area contributed by atoms with Gasteiger partial charge in [-0.25, -0.2) is 14.3 Å². The van der Waals surface area contributed by atoms with Crippen molar-refractivity contribution in [1.29, 1.82) is 0 Å². The Morgan fingerprint density at radius 2 is 1.74 bits per heavy atom. The van der Waals surface area contributed by atoms with Gasteiger partial charge in [0.25, 0.3) is 5.56 Å². The van der Waals surface area contributed by atoms with Crippen molar-refractivity contribution in [1.82, 2.24) is 14.9 Å². The largest absolute Gasteiger partial charge is 0.296 e. The van der Waals surface area contributed by atoms with Gasteiger partial charge in [-0.3, -0.25) is 24.3 Å². The summed E-state index contributed by atoms with van der Waals surface area (Å²) in [5.41, 5.74) is 0.628. The maximum atomic E-state index is 14.3. The molecule has 4 heterocycles. The van der Waals surface area contributed by atoms with E-state index in [0.717, 1.165) is 16.5 Å². The normalized spacial score (nSPS) is 25.5. The number of para-hydroxylation sites is 2. The molecule has 7 rings (SSSR count). The van der Waals surface area contributed by atoms with E-state index in [1.165, 1.54) is 12.1 Å². The lowest BCUT2D eigenvalue weighted by Gasteiger charge is -2.32. The molecule has 9 heteroatoms. The SMILES string of the molecule is CC(C)C1NC2(c3ccccc3-n3c2nc2ccccc2c3=O)C2C(=O)N(c3ccc(F)c(Cl)c3)C(=O)C12. The molecule has 190 valence electrons. The Balaban J connectivity index is 1.53. The molecule has 1 N–H and O–H groups in total. The summed E-state index contributed by atoms with van der Waals surface area (Å²) in [5.74, 6) is -2.70. The highest BCUT2D eigenvalue weighted by molar-refractivity contribution is 6.31. The van der Waals surface area contributed by atoms with Gasteiger partial charge in [-0.2, -0.15) is 0 Å². The van der Waals surface area contributed by atoms with E-state index in [1.54, 1.807) is 22.8 Å².